The third-order valence-corrected chi connectivity index (χ3v) is 3.33. The number of hydrogen-bond donors (Lipinski definition) is 2. The number of anilines is 2. The number of carbonyl (C=O) groups excluding carboxylic acids is 1. The molecule has 0 aliphatic rings. The number of carbonyl (C=O) groups is 1. The van der Waals surface area contributed by atoms with Gasteiger partial charge in [-0.1, -0.05) is 20.3 Å². The van der Waals surface area contributed by atoms with Crippen LogP contribution < -0.4 is 11.1 Å². The quantitative estimate of drug-likeness (QED) is 0.611. The van der Waals surface area contributed by atoms with Gasteiger partial charge >= 0.3 is 5.97 Å². The molecule has 2 unspecified atom stereocenters. The topological polar surface area (TPSA) is 64.3 Å². The van der Waals surface area contributed by atoms with Crippen molar-refractivity contribution >= 4 is 17.3 Å². The number of nitrogen functional groups attached to an aromatic ring is 1. The third kappa shape index (κ3) is 4.47. The predicted molar refractivity (Wildman–Crippen MR) is 79.4 cm³/mol. The van der Waals surface area contributed by atoms with Gasteiger partial charge in [0.1, 0.15) is 0 Å². The van der Waals surface area contributed by atoms with Gasteiger partial charge in [0, 0.05) is 6.04 Å². The standard InChI is InChI=1S/C15H24N2O2/c1-5-10(2)8-11(3)17-14-9-12(15(18)19-4)6-7-13(14)16/h6-7,9-11,17H,5,8,16H2,1-4H3. The molecule has 0 aliphatic heterocycles. The fourth-order valence-corrected chi connectivity index (χ4v) is 2.02. The second-order valence-corrected chi connectivity index (χ2v) is 5.09. The molecule has 3 N–H and O–H groups in total. The Morgan fingerprint density at radius 2 is 2.11 bits per heavy atom. The normalized spacial score (nSPS) is 13.7. The van der Waals surface area contributed by atoms with Crippen LogP contribution in [0.15, 0.2) is 18.2 Å². The van der Waals surface area contributed by atoms with Gasteiger partial charge in [-0.15, -0.1) is 0 Å². The molecule has 4 nitrogen and oxygen atoms in total. The van der Waals surface area contributed by atoms with E-state index in [0.717, 1.165) is 18.5 Å². The van der Waals surface area contributed by atoms with Crippen LogP contribution in [0.25, 0.3) is 0 Å². The molecule has 2 atom stereocenters. The highest BCUT2D eigenvalue weighted by atomic mass is 16.5. The molecule has 1 aromatic carbocycles. The minimum atomic E-state index is -0.349. The van der Waals surface area contributed by atoms with Gasteiger partial charge in [-0.2, -0.15) is 0 Å². The van der Waals surface area contributed by atoms with Gasteiger partial charge in [-0.25, -0.2) is 4.79 Å². The van der Waals surface area contributed by atoms with E-state index in [2.05, 4.69) is 26.1 Å². The number of ether oxygens (including phenoxy) is 1. The lowest BCUT2D eigenvalue weighted by atomic mass is 10.00. The fraction of sp³-hybridized carbons (Fsp3) is 0.533. The number of benzene rings is 1. The zero-order valence-electron chi connectivity index (χ0n) is 12.2. The number of hydrogen-bond acceptors (Lipinski definition) is 4. The number of esters is 1. The van der Waals surface area contributed by atoms with E-state index in [4.69, 9.17) is 10.5 Å². The first-order valence-corrected chi connectivity index (χ1v) is 6.72. The molecule has 0 spiro atoms. The van der Waals surface area contributed by atoms with Crippen molar-refractivity contribution in [1.82, 2.24) is 0 Å². The Hall–Kier alpha value is -1.71. The largest absolute Gasteiger partial charge is 0.465 e. The second-order valence-electron chi connectivity index (χ2n) is 5.09. The molecule has 0 heterocycles. The van der Waals surface area contributed by atoms with E-state index in [9.17, 15) is 4.79 Å². The van der Waals surface area contributed by atoms with E-state index in [-0.39, 0.29) is 5.97 Å². The predicted octanol–water partition coefficient (Wildman–Crippen LogP) is 3.29. The zero-order chi connectivity index (χ0) is 14.4. The summed E-state index contributed by atoms with van der Waals surface area (Å²) in [5.41, 5.74) is 7.87. The number of nitrogens with two attached hydrogens (primary N) is 1. The van der Waals surface area contributed by atoms with Crippen LogP contribution in [0.2, 0.25) is 0 Å². The maximum absolute atomic E-state index is 11.5. The van der Waals surface area contributed by atoms with E-state index in [1.54, 1.807) is 18.2 Å². The van der Waals surface area contributed by atoms with E-state index in [1.807, 2.05) is 0 Å². The van der Waals surface area contributed by atoms with Crippen molar-refractivity contribution in [1.29, 1.82) is 0 Å². The van der Waals surface area contributed by atoms with Gasteiger partial charge in [0.05, 0.1) is 24.0 Å². The van der Waals surface area contributed by atoms with Crippen molar-refractivity contribution in [2.45, 2.75) is 39.7 Å². The molecule has 0 amide bonds. The molecule has 0 saturated heterocycles. The second kappa shape index (κ2) is 7.02. The van der Waals surface area contributed by atoms with E-state index in [0.29, 0.717) is 23.2 Å². The maximum atomic E-state index is 11.5. The smallest absolute Gasteiger partial charge is 0.337 e. The first-order valence-electron chi connectivity index (χ1n) is 6.72. The highest BCUT2D eigenvalue weighted by Crippen LogP contribution is 2.23. The Bertz CT molecular complexity index is 432. The zero-order valence-corrected chi connectivity index (χ0v) is 12.2. The fourth-order valence-electron chi connectivity index (χ4n) is 2.02. The highest BCUT2D eigenvalue weighted by molar-refractivity contribution is 5.91. The SMILES string of the molecule is CCC(C)CC(C)Nc1cc(C(=O)OC)ccc1N. The summed E-state index contributed by atoms with van der Waals surface area (Å²) in [6.45, 7) is 6.53. The van der Waals surface area contributed by atoms with Gasteiger partial charge in [0.25, 0.3) is 0 Å². The minimum Gasteiger partial charge on any atom is -0.465 e. The van der Waals surface area contributed by atoms with Crippen molar-refractivity contribution in [3.63, 3.8) is 0 Å². The average Bonchev–Trinajstić information content (AvgIpc) is 2.40. The minimum absolute atomic E-state index is 0.310. The summed E-state index contributed by atoms with van der Waals surface area (Å²) >= 11 is 0. The monoisotopic (exact) mass is 264 g/mol. The van der Waals surface area contributed by atoms with Crippen LogP contribution in [0.1, 0.15) is 44.0 Å². The molecule has 106 valence electrons. The summed E-state index contributed by atoms with van der Waals surface area (Å²) < 4.78 is 4.71. The van der Waals surface area contributed by atoms with Crippen molar-refractivity contribution in [3.05, 3.63) is 23.8 Å². The number of nitrogens with one attached hydrogen (secondary N) is 1. The molecular weight excluding hydrogens is 240 g/mol. The summed E-state index contributed by atoms with van der Waals surface area (Å²) in [4.78, 5) is 11.5. The summed E-state index contributed by atoms with van der Waals surface area (Å²) in [5, 5.41) is 3.36. The van der Waals surface area contributed by atoms with Gasteiger partial charge in [-0.3, -0.25) is 0 Å². The highest BCUT2D eigenvalue weighted by Gasteiger charge is 2.11. The van der Waals surface area contributed by atoms with E-state index < -0.39 is 0 Å². The molecule has 0 bridgehead atoms. The van der Waals surface area contributed by atoms with E-state index in [1.165, 1.54) is 7.11 Å². The third-order valence-electron chi connectivity index (χ3n) is 3.33. The van der Waals surface area contributed by atoms with Crippen LogP contribution >= 0.6 is 0 Å². The van der Waals surface area contributed by atoms with Crippen LogP contribution in [0.3, 0.4) is 0 Å². The Balaban J connectivity index is 2.79. The van der Waals surface area contributed by atoms with Crippen molar-refractivity contribution in [2.24, 2.45) is 5.92 Å². The van der Waals surface area contributed by atoms with Crippen molar-refractivity contribution < 1.29 is 9.53 Å². The summed E-state index contributed by atoms with van der Waals surface area (Å²) in [7, 11) is 1.37. The summed E-state index contributed by atoms with van der Waals surface area (Å²) in [6, 6.07) is 5.45. The van der Waals surface area contributed by atoms with Crippen molar-refractivity contribution in [2.75, 3.05) is 18.2 Å². The lowest BCUT2D eigenvalue weighted by Crippen LogP contribution is -2.19. The van der Waals surface area contributed by atoms with Crippen LogP contribution in [-0.2, 0) is 4.74 Å². The van der Waals surface area contributed by atoms with Gasteiger partial charge < -0.3 is 15.8 Å². The van der Waals surface area contributed by atoms with Gasteiger partial charge in [-0.05, 0) is 37.5 Å². The number of methoxy groups -OCH3 is 1. The Kier molecular flexibility index (Phi) is 5.67. The molecular formula is C15H24N2O2. The summed E-state index contributed by atoms with van der Waals surface area (Å²) in [6.07, 6.45) is 2.22. The Morgan fingerprint density at radius 3 is 2.68 bits per heavy atom. The summed E-state index contributed by atoms with van der Waals surface area (Å²) in [5.74, 6) is 0.310. The van der Waals surface area contributed by atoms with Crippen molar-refractivity contribution in [3.8, 4) is 0 Å². The van der Waals surface area contributed by atoms with Crippen LogP contribution in [0, 0.1) is 5.92 Å². The van der Waals surface area contributed by atoms with Crippen LogP contribution in [0.5, 0.6) is 0 Å². The molecule has 4 heteroatoms. The Labute approximate surface area is 115 Å². The van der Waals surface area contributed by atoms with Gasteiger partial charge in [0.15, 0.2) is 0 Å². The molecule has 19 heavy (non-hydrogen) atoms. The van der Waals surface area contributed by atoms with E-state index >= 15 is 0 Å². The van der Waals surface area contributed by atoms with Crippen LogP contribution in [0.4, 0.5) is 11.4 Å². The maximum Gasteiger partial charge on any atom is 0.337 e. The number of rotatable bonds is 6. The lowest BCUT2D eigenvalue weighted by molar-refractivity contribution is 0.0601. The molecule has 1 rings (SSSR count). The lowest BCUT2D eigenvalue weighted by Gasteiger charge is -2.20. The molecule has 0 aliphatic carbocycles. The molecule has 0 saturated carbocycles. The molecule has 0 aromatic heterocycles. The van der Waals surface area contributed by atoms with Gasteiger partial charge in [0.2, 0.25) is 0 Å². The first kappa shape index (κ1) is 15.3. The molecule has 1 aromatic rings. The van der Waals surface area contributed by atoms with Crippen LogP contribution in [-0.4, -0.2) is 19.1 Å². The first-order chi connectivity index (χ1) is 8.97. The Morgan fingerprint density at radius 1 is 1.42 bits per heavy atom. The molecule has 0 fully saturated rings. The average molecular weight is 264 g/mol. The molecule has 0 radical (unpaired) electrons.